The van der Waals surface area contributed by atoms with Gasteiger partial charge in [0, 0.05) is 5.41 Å². The summed E-state index contributed by atoms with van der Waals surface area (Å²) < 4.78 is 0. The van der Waals surface area contributed by atoms with Crippen LogP contribution >= 0.6 is 0 Å². The molecule has 0 rings (SSSR count). The highest BCUT2D eigenvalue weighted by molar-refractivity contribution is 5.26. The summed E-state index contributed by atoms with van der Waals surface area (Å²) in [5.41, 5.74) is 3.34. The molecule has 0 nitrogen and oxygen atoms in total. The fourth-order valence-electron chi connectivity index (χ4n) is 2.23. The molecule has 0 fully saturated rings. The second-order valence-electron chi connectivity index (χ2n) is 3.73. The molecular formula is C13H24. The molecule has 0 heterocycles. The van der Waals surface area contributed by atoms with Crippen LogP contribution in [0.1, 0.15) is 54.4 Å². The standard InChI is InChI=1S/C13H24/c1-7-11(5)13(9-3,10-4)12(6)8-2/h7-8H,9-10H2,1-6H3/b11-7-,12-8-. The first-order chi connectivity index (χ1) is 6.08. The molecule has 0 N–H and O–H groups in total. The average molecular weight is 180 g/mol. The number of allylic oxidation sites excluding steroid dienone is 4. The second kappa shape index (κ2) is 5.26. The van der Waals surface area contributed by atoms with Crippen molar-refractivity contribution < 1.29 is 0 Å². The van der Waals surface area contributed by atoms with Crippen molar-refractivity contribution in [2.75, 3.05) is 0 Å². The van der Waals surface area contributed by atoms with Gasteiger partial charge in [-0.25, -0.2) is 0 Å². The second-order valence-corrected chi connectivity index (χ2v) is 3.73. The highest BCUT2D eigenvalue weighted by Crippen LogP contribution is 2.41. The molecule has 0 atom stereocenters. The van der Waals surface area contributed by atoms with E-state index in [0.717, 1.165) is 0 Å². The Morgan fingerprint density at radius 2 is 1.23 bits per heavy atom. The van der Waals surface area contributed by atoms with E-state index in [0.29, 0.717) is 5.41 Å². The monoisotopic (exact) mass is 180 g/mol. The summed E-state index contributed by atoms with van der Waals surface area (Å²) in [4.78, 5) is 0. The SMILES string of the molecule is C/C=C(/C)C(CC)(CC)/C(C)=C\C. The van der Waals surface area contributed by atoms with Crippen molar-refractivity contribution in [1.82, 2.24) is 0 Å². The van der Waals surface area contributed by atoms with Gasteiger partial charge < -0.3 is 0 Å². The predicted molar refractivity (Wildman–Crippen MR) is 61.9 cm³/mol. The minimum absolute atomic E-state index is 0.323. The van der Waals surface area contributed by atoms with E-state index in [1.807, 2.05) is 0 Å². The van der Waals surface area contributed by atoms with E-state index >= 15 is 0 Å². The molecule has 13 heavy (non-hydrogen) atoms. The number of rotatable bonds is 4. The fraction of sp³-hybridized carbons (Fsp3) is 0.692. The van der Waals surface area contributed by atoms with E-state index < -0.39 is 0 Å². The highest BCUT2D eigenvalue weighted by Gasteiger charge is 2.28. The average Bonchev–Trinajstić information content (AvgIpc) is 2.19. The summed E-state index contributed by atoms with van der Waals surface area (Å²) in [5.74, 6) is 0. The maximum absolute atomic E-state index is 2.28. The lowest BCUT2D eigenvalue weighted by Crippen LogP contribution is -2.21. The highest BCUT2D eigenvalue weighted by atomic mass is 14.3. The molecule has 0 spiro atoms. The van der Waals surface area contributed by atoms with Crippen LogP contribution < -0.4 is 0 Å². The minimum Gasteiger partial charge on any atom is -0.0878 e. The van der Waals surface area contributed by atoms with Crippen molar-refractivity contribution in [2.45, 2.75) is 54.4 Å². The van der Waals surface area contributed by atoms with E-state index in [1.54, 1.807) is 0 Å². The van der Waals surface area contributed by atoms with Gasteiger partial charge in [0.25, 0.3) is 0 Å². The third-order valence-corrected chi connectivity index (χ3v) is 3.58. The van der Waals surface area contributed by atoms with Crippen LogP contribution in [0, 0.1) is 5.41 Å². The molecule has 0 saturated heterocycles. The van der Waals surface area contributed by atoms with Gasteiger partial charge in [-0.15, -0.1) is 0 Å². The molecule has 0 radical (unpaired) electrons. The zero-order valence-electron chi connectivity index (χ0n) is 10.1. The maximum Gasteiger partial charge on any atom is 0.0109 e. The van der Waals surface area contributed by atoms with Gasteiger partial charge in [-0.3, -0.25) is 0 Å². The Morgan fingerprint density at radius 1 is 0.923 bits per heavy atom. The Labute approximate surface area is 83.7 Å². The lowest BCUT2D eigenvalue weighted by molar-refractivity contribution is 0.396. The molecule has 0 bridgehead atoms. The Morgan fingerprint density at radius 3 is 1.38 bits per heavy atom. The van der Waals surface area contributed by atoms with Gasteiger partial charge in [0.1, 0.15) is 0 Å². The molecule has 0 aliphatic heterocycles. The Hall–Kier alpha value is -0.520. The molecule has 76 valence electrons. The van der Waals surface area contributed by atoms with Gasteiger partial charge in [-0.1, -0.05) is 37.1 Å². The molecule has 0 aromatic carbocycles. The van der Waals surface area contributed by atoms with Crippen molar-refractivity contribution in [1.29, 1.82) is 0 Å². The number of hydrogen-bond acceptors (Lipinski definition) is 0. The van der Waals surface area contributed by atoms with E-state index in [1.165, 1.54) is 24.0 Å². The molecule has 0 saturated carbocycles. The quantitative estimate of drug-likeness (QED) is 0.549. The van der Waals surface area contributed by atoms with Crippen molar-refractivity contribution in [3.63, 3.8) is 0 Å². The van der Waals surface area contributed by atoms with Crippen LogP contribution in [-0.4, -0.2) is 0 Å². The summed E-state index contributed by atoms with van der Waals surface area (Å²) in [7, 11) is 0. The summed E-state index contributed by atoms with van der Waals surface area (Å²) in [5, 5.41) is 0. The van der Waals surface area contributed by atoms with E-state index in [2.05, 4.69) is 53.7 Å². The third kappa shape index (κ3) is 2.24. The smallest absolute Gasteiger partial charge is 0.0109 e. The lowest BCUT2D eigenvalue weighted by Gasteiger charge is -2.34. The molecule has 0 aromatic heterocycles. The zero-order chi connectivity index (χ0) is 10.5. The van der Waals surface area contributed by atoms with Crippen LogP contribution in [0.15, 0.2) is 23.3 Å². The molecule has 0 unspecified atom stereocenters. The first kappa shape index (κ1) is 12.5. The Kier molecular flexibility index (Phi) is 5.05. The van der Waals surface area contributed by atoms with Crippen LogP contribution in [0.5, 0.6) is 0 Å². The zero-order valence-corrected chi connectivity index (χ0v) is 10.1. The molecule has 0 aliphatic carbocycles. The van der Waals surface area contributed by atoms with Crippen LogP contribution in [0.4, 0.5) is 0 Å². The lowest BCUT2D eigenvalue weighted by atomic mass is 9.70. The summed E-state index contributed by atoms with van der Waals surface area (Å²) in [6.07, 6.45) is 6.91. The Balaban J connectivity index is 5.15. The first-order valence-corrected chi connectivity index (χ1v) is 5.35. The van der Waals surface area contributed by atoms with Gasteiger partial charge in [0.2, 0.25) is 0 Å². The van der Waals surface area contributed by atoms with Crippen molar-refractivity contribution in [3.8, 4) is 0 Å². The minimum atomic E-state index is 0.323. The topological polar surface area (TPSA) is 0 Å². The van der Waals surface area contributed by atoms with Crippen LogP contribution in [-0.2, 0) is 0 Å². The van der Waals surface area contributed by atoms with Crippen molar-refractivity contribution >= 4 is 0 Å². The predicted octanol–water partition coefficient (Wildman–Crippen LogP) is 4.73. The summed E-state index contributed by atoms with van der Waals surface area (Å²) in [6.45, 7) is 13.3. The normalized spacial score (nSPS) is 14.9. The Bertz CT molecular complexity index is 182. The van der Waals surface area contributed by atoms with Crippen molar-refractivity contribution in [2.24, 2.45) is 5.41 Å². The van der Waals surface area contributed by atoms with Crippen molar-refractivity contribution in [3.05, 3.63) is 23.3 Å². The van der Waals surface area contributed by atoms with Gasteiger partial charge in [-0.05, 0) is 40.5 Å². The summed E-state index contributed by atoms with van der Waals surface area (Å²) in [6, 6.07) is 0. The van der Waals surface area contributed by atoms with E-state index in [4.69, 9.17) is 0 Å². The van der Waals surface area contributed by atoms with Crippen LogP contribution in [0.2, 0.25) is 0 Å². The molecule has 0 amide bonds. The van der Waals surface area contributed by atoms with Gasteiger partial charge in [0.05, 0.1) is 0 Å². The van der Waals surface area contributed by atoms with Gasteiger partial charge >= 0.3 is 0 Å². The largest absolute Gasteiger partial charge is 0.0878 e. The number of hydrogen-bond donors (Lipinski definition) is 0. The van der Waals surface area contributed by atoms with E-state index in [9.17, 15) is 0 Å². The molecule has 0 heteroatoms. The first-order valence-electron chi connectivity index (χ1n) is 5.35. The van der Waals surface area contributed by atoms with Crippen LogP contribution in [0.3, 0.4) is 0 Å². The van der Waals surface area contributed by atoms with Gasteiger partial charge in [-0.2, -0.15) is 0 Å². The van der Waals surface area contributed by atoms with Crippen LogP contribution in [0.25, 0.3) is 0 Å². The maximum atomic E-state index is 2.28. The molecule has 0 aliphatic rings. The fourth-order valence-corrected chi connectivity index (χ4v) is 2.23. The molecular weight excluding hydrogens is 156 g/mol. The van der Waals surface area contributed by atoms with E-state index in [-0.39, 0.29) is 0 Å². The molecule has 0 aromatic rings. The third-order valence-electron chi connectivity index (χ3n) is 3.58. The summed E-state index contributed by atoms with van der Waals surface area (Å²) >= 11 is 0. The van der Waals surface area contributed by atoms with Gasteiger partial charge in [0.15, 0.2) is 0 Å².